The summed E-state index contributed by atoms with van der Waals surface area (Å²) >= 11 is 0. The van der Waals surface area contributed by atoms with Crippen molar-refractivity contribution < 1.29 is 9.52 Å². The third-order valence-corrected chi connectivity index (χ3v) is 3.62. The van der Waals surface area contributed by atoms with Crippen LogP contribution in [0.3, 0.4) is 0 Å². The number of furan rings is 1. The molecule has 0 amide bonds. The van der Waals surface area contributed by atoms with Crippen molar-refractivity contribution >= 4 is 0 Å². The second kappa shape index (κ2) is 5.69. The lowest BCUT2D eigenvalue weighted by Gasteiger charge is -2.28. The van der Waals surface area contributed by atoms with E-state index in [9.17, 15) is 5.11 Å². The molecule has 3 heteroatoms. The fraction of sp³-hybridized carbons (Fsp3) is 0.714. The van der Waals surface area contributed by atoms with Crippen molar-refractivity contribution in [1.29, 1.82) is 0 Å². The summed E-state index contributed by atoms with van der Waals surface area (Å²) in [5.41, 5.74) is 1.17. The SMILES string of the molecule is CCC(C)(CO)CNC(C)c1cc(C)oc1C. The van der Waals surface area contributed by atoms with E-state index >= 15 is 0 Å². The highest BCUT2D eigenvalue weighted by molar-refractivity contribution is 5.23. The minimum absolute atomic E-state index is 0.0407. The van der Waals surface area contributed by atoms with Gasteiger partial charge in [0.05, 0.1) is 0 Å². The first-order chi connectivity index (χ1) is 7.91. The monoisotopic (exact) mass is 239 g/mol. The Morgan fingerprint density at radius 1 is 1.47 bits per heavy atom. The van der Waals surface area contributed by atoms with Gasteiger partial charge in [-0.1, -0.05) is 13.8 Å². The van der Waals surface area contributed by atoms with Gasteiger partial charge in [0.2, 0.25) is 0 Å². The van der Waals surface area contributed by atoms with Crippen molar-refractivity contribution in [3.8, 4) is 0 Å². The fourth-order valence-electron chi connectivity index (χ4n) is 1.88. The molecule has 0 aliphatic rings. The lowest BCUT2D eigenvalue weighted by Crippen LogP contribution is -2.35. The van der Waals surface area contributed by atoms with Crippen LogP contribution in [-0.4, -0.2) is 18.3 Å². The molecule has 17 heavy (non-hydrogen) atoms. The van der Waals surface area contributed by atoms with Crippen LogP contribution in [0, 0.1) is 19.3 Å². The summed E-state index contributed by atoms with van der Waals surface area (Å²) in [6.45, 7) is 11.3. The van der Waals surface area contributed by atoms with Crippen LogP contribution < -0.4 is 5.32 Å². The molecule has 1 aromatic heterocycles. The van der Waals surface area contributed by atoms with Gasteiger partial charge in [-0.2, -0.15) is 0 Å². The maximum absolute atomic E-state index is 9.37. The Morgan fingerprint density at radius 2 is 2.12 bits per heavy atom. The van der Waals surface area contributed by atoms with Gasteiger partial charge in [0.1, 0.15) is 11.5 Å². The van der Waals surface area contributed by atoms with E-state index in [0.717, 1.165) is 24.5 Å². The van der Waals surface area contributed by atoms with E-state index in [-0.39, 0.29) is 18.1 Å². The molecule has 0 aliphatic carbocycles. The van der Waals surface area contributed by atoms with E-state index in [1.807, 2.05) is 13.8 Å². The summed E-state index contributed by atoms with van der Waals surface area (Å²) in [5.74, 6) is 1.93. The number of aliphatic hydroxyl groups is 1. The number of aliphatic hydroxyl groups excluding tert-OH is 1. The summed E-state index contributed by atoms with van der Waals surface area (Å²) < 4.78 is 5.53. The van der Waals surface area contributed by atoms with Crippen molar-refractivity contribution in [2.75, 3.05) is 13.2 Å². The first-order valence-electron chi connectivity index (χ1n) is 6.33. The molecule has 0 saturated heterocycles. The smallest absolute Gasteiger partial charge is 0.105 e. The highest BCUT2D eigenvalue weighted by atomic mass is 16.3. The lowest BCUT2D eigenvalue weighted by molar-refractivity contribution is 0.132. The molecular weight excluding hydrogens is 214 g/mol. The molecule has 0 saturated carbocycles. The highest BCUT2D eigenvalue weighted by Crippen LogP contribution is 2.24. The number of hydrogen-bond acceptors (Lipinski definition) is 3. The van der Waals surface area contributed by atoms with Crippen molar-refractivity contribution in [1.82, 2.24) is 5.32 Å². The van der Waals surface area contributed by atoms with Crippen LogP contribution in [-0.2, 0) is 0 Å². The summed E-state index contributed by atoms with van der Waals surface area (Å²) in [7, 11) is 0. The van der Waals surface area contributed by atoms with Gasteiger partial charge in [-0.25, -0.2) is 0 Å². The summed E-state index contributed by atoms with van der Waals surface area (Å²) in [6, 6.07) is 2.33. The van der Waals surface area contributed by atoms with Crippen LogP contribution in [0.4, 0.5) is 0 Å². The van der Waals surface area contributed by atoms with Crippen LogP contribution in [0.5, 0.6) is 0 Å². The topological polar surface area (TPSA) is 45.4 Å². The van der Waals surface area contributed by atoms with Crippen molar-refractivity contribution in [3.63, 3.8) is 0 Å². The van der Waals surface area contributed by atoms with Gasteiger partial charge in [0, 0.05) is 30.2 Å². The Hall–Kier alpha value is -0.800. The standard InChI is InChI=1S/C14H25NO2/c1-6-14(5,9-16)8-15-11(3)13-7-10(2)17-12(13)4/h7,11,15-16H,6,8-9H2,1-5H3. The van der Waals surface area contributed by atoms with E-state index in [0.29, 0.717) is 0 Å². The van der Waals surface area contributed by atoms with Gasteiger partial charge in [0.15, 0.2) is 0 Å². The van der Waals surface area contributed by atoms with Crippen LogP contribution in [0.25, 0.3) is 0 Å². The van der Waals surface area contributed by atoms with Gasteiger partial charge in [0.25, 0.3) is 0 Å². The van der Waals surface area contributed by atoms with E-state index in [4.69, 9.17) is 4.42 Å². The molecule has 0 aliphatic heterocycles. The zero-order valence-electron chi connectivity index (χ0n) is 11.6. The Labute approximate surface area is 104 Å². The zero-order chi connectivity index (χ0) is 13.1. The maximum atomic E-state index is 9.37. The normalized spacial score (nSPS) is 16.8. The Kier molecular flexibility index (Phi) is 4.78. The highest BCUT2D eigenvalue weighted by Gasteiger charge is 2.22. The number of hydrogen-bond donors (Lipinski definition) is 2. The molecule has 1 aromatic rings. The fourth-order valence-corrected chi connectivity index (χ4v) is 1.88. The average Bonchev–Trinajstić information content (AvgIpc) is 2.65. The van der Waals surface area contributed by atoms with Crippen LogP contribution in [0.15, 0.2) is 10.5 Å². The van der Waals surface area contributed by atoms with Gasteiger partial charge in [-0.05, 0) is 33.3 Å². The van der Waals surface area contributed by atoms with E-state index < -0.39 is 0 Å². The predicted molar refractivity (Wildman–Crippen MR) is 70.1 cm³/mol. The summed E-state index contributed by atoms with van der Waals surface area (Å²) in [5, 5.41) is 12.8. The van der Waals surface area contributed by atoms with Gasteiger partial charge in [-0.3, -0.25) is 0 Å². The second-order valence-corrected chi connectivity index (χ2v) is 5.29. The number of nitrogens with one attached hydrogen (secondary N) is 1. The molecule has 2 unspecified atom stereocenters. The largest absolute Gasteiger partial charge is 0.466 e. The Morgan fingerprint density at radius 3 is 2.53 bits per heavy atom. The zero-order valence-corrected chi connectivity index (χ0v) is 11.6. The lowest BCUT2D eigenvalue weighted by atomic mass is 9.88. The third kappa shape index (κ3) is 3.58. The molecule has 98 valence electrons. The number of rotatable bonds is 6. The van der Waals surface area contributed by atoms with Crippen molar-refractivity contribution in [2.24, 2.45) is 5.41 Å². The minimum Gasteiger partial charge on any atom is -0.466 e. The van der Waals surface area contributed by atoms with Gasteiger partial charge >= 0.3 is 0 Å². The Balaban J connectivity index is 2.61. The molecule has 0 fully saturated rings. The molecule has 3 nitrogen and oxygen atoms in total. The first-order valence-corrected chi connectivity index (χ1v) is 6.33. The van der Waals surface area contributed by atoms with Gasteiger partial charge in [-0.15, -0.1) is 0 Å². The second-order valence-electron chi connectivity index (χ2n) is 5.29. The quantitative estimate of drug-likeness (QED) is 0.802. The summed E-state index contributed by atoms with van der Waals surface area (Å²) in [4.78, 5) is 0. The van der Waals surface area contributed by atoms with Gasteiger partial charge < -0.3 is 14.8 Å². The van der Waals surface area contributed by atoms with Crippen molar-refractivity contribution in [2.45, 2.75) is 47.1 Å². The molecule has 2 atom stereocenters. The van der Waals surface area contributed by atoms with Crippen LogP contribution in [0.2, 0.25) is 0 Å². The van der Waals surface area contributed by atoms with Crippen LogP contribution >= 0.6 is 0 Å². The predicted octanol–water partition coefficient (Wildman–Crippen LogP) is 2.96. The first kappa shape index (κ1) is 14.3. The number of aryl methyl sites for hydroxylation is 2. The summed E-state index contributed by atoms with van der Waals surface area (Å²) in [6.07, 6.45) is 0.965. The van der Waals surface area contributed by atoms with E-state index in [1.165, 1.54) is 5.56 Å². The van der Waals surface area contributed by atoms with Crippen molar-refractivity contribution in [3.05, 3.63) is 23.2 Å². The Bertz CT molecular complexity index is 353. The molecule has 0 aromatic carbocycles. The minimum atomic E-state index is -0.0407. The maximum Gasteiger partial charge on any atom is 0.105 e. The molecular formula is C14H25NO2. The van der Waals surface area contributed by atoms with E-state index in [1.54, 1.807) is 0 Å². The van der Waals surface area contributed by atoms with E-state index in [2.05, 4.69) is 32.2 Å². The molecule has 0 bridgehead atoms. The van der Waals surface area contributed by atoms with Crippen LogP contribution in [0.1, 0.15) is 50.3 Å². The molecule has 2 N–H and O–H groups in total. The molecule has 1 rings (SSSR count). The molecule has 0 spiro atoms. The molecule has 0 radical (unpaired) electrons. The molecule has 1 heterocycles. The average molecular weight is 239 g/mol. The third-order valence-electron chi connectivity index (χ3n) is 3.62.